The molecule has 0 aromatic carbocycles. The van der Waals surface area contributed by atoms with Crippen molar-refractivity contribution in [1.29, 1.82) is 0 Å². The van der Waals surface area contributed by atoms with Crippen LogP contribution in [-0.2, 0) is 4.74 Å². The van der Waals surface area contributed by atoms with Gasteiger partial charge in [-0.15, -0.1) is 0 Å². The number of aromatic nitrogens is 2. The lowest BCUT2D eigenvalue weighted by atomic mass is 9.95. The van der Waals surface area contributed by atoms with E-state index < -0.39 is 0 Å². The third kappa shape index (κ3) is 3.50. The first-order valence-electron chi connectivity index (χ1n) is 7.17. The van der Waals surface area contributed by atoms with E-state index in [0.29, 0.717) is 18.2 Å². The van der Waals surface area contributed by atoms with Crippen molar-refractivity contribution >= 4 is 11.6 Å². The number of rotatable bonds is 6. The van der Waals surface area contributed by atoms with E-state index in [1.54, 1.807) is 13.4 Å². The predicted octanol–water partition coefficient (Wildman–Crippen LogP) is 2.29. The van der Waals surface area contributed by atoms with Crippen LogP contribution in [0, 0.1) is 0 Å². The van der Waals surface area contributed by atoms with Gasteiger partial charge in [0.15, 0.2) is 11.6 Å². The first-order chi connectivity index (χ1) is 9.68. The van der Waals surface area contributed by atoms with Crippen molar-refractivity contribution < 1.29 is 9.47 Å². The quantitative estimate of drug-likeness (QED) is 0.833. The Balaban J connectivity index is 2.17. The van der Waals surface area contributed by atoms with Gasteiger partial charge in [0.25, 0.3) is 0 Å². The van der Waals surface area contributed by atoms with Crippen LogP contribution in [-0.4, -0.2) is 42.4 Å². The molecule has 1 aliphatic heterocycles. The molecular weight excluding hydrogens is 256 g/mol. The summed E-state index contributed by atoms with van der Waals surface area (Å²) < 4.78 is 11.0. The Morgan fingerprint density at radius 2 is 2.20 bits per heavy atom. The van der Waals surface area contributed by atoms with Crippen molar-refractivity contribution in [3.8, 4) is 5.75 Å². The van der Waals surface area contributed by atoms with E-state index in [0.717, 1.165) is 38.2 Å². The summed E-state index contributed by atoms with van der Waals surface area (Å²) in [6.45, 7) is 6.62. The molecule has 20 heavy (non-hydrogen) atoms. The summed E-state index contributed by atoms with van der Waals surface area (Å²) in [5.41, 5.74) is -0.109. The monoisotopic (exact) mass is 280 g/mol. The molecule has 112 valence electrons. The van der Waals surface area contributed by atoms with Crippen LogP contribution in [0.4, 0.5) is 11.6 Å². The zero-order chi connectivity index (χ0) is 14.4. The molecule has 2 N–H and O–H groups in total. The van der Waals surface area contributed by atoms with Crippen LogP contribution < -0.4 is 15.4 Å². The third-order valence-electron chi connectivity index (χ3n) is 3.41. The first kappa shape index (κ1) is 14.8. The highest BCUT2D eigenvalue weighted by atomic mass is 16.5. The number of hydrogen-bond donors (Lipinski definition) is 2. The predicted molar refractivity (Wildman–Crippen MR) is 79.4 cm³/mol. The van der Waals surface area contributed by atoms with Gasteiger partial charge in [-0.1, -0.05) is 6.92 Å². The molecule has 6 heteroatoms. The second kappa shape index (κ2) is 6.74. The topological polar surface area (TPSA) is 68.3 Å². The maximum Gasteiger partial charge on any atom is 0.204 e. The van der Waals surface area contributed by atoms with E-state index >= 15 is 0 Å². The van der Waals surface area contributed by atoms with Gasteiger partial charge in [-0.25, -0.2) is 9.97 Å². The van der Waals surface area contributed by atoms with Crippen LogP contribution in [0.5, 0.6) is 5.75 Å². The van der Waals surface area contributed by atoms with E-state index in [-0.39, 0.29) is 5.54 Å². The molecule has 1 atom stereocenters. The Kier molecular flexibility index (Phi) is 5.00. The largest absolute Gasteiger partial charge is 0.490 e. The van der Waals surface area contributed by atoms with Gasteiger partial charge in [-0.3, -0.25) is 0 Å². The normalized spacial score (nSPS) is 22.4. The number of methoxy groups -OCH3 is 1. The van der Waals surface area contributed by atoms with Gasteiger partial charge in [-0.2, -0.15) is 0 Å². The van der Waals surface area contributed by atoms with E-state index in [9.17, 15) is 0 Å². The van der Waals surface area contributed by atoms with Crippen molar-refractivity contribution in [2.75, 3.05) is 37.5 Å². The maximum atomic E-state index is 5.56. The first-order valence-corrected chi connectivity index (χ1v) is 7.17. The minimum Gasteiger partial charge on any atom is -0.490 e. The Labute approximate surface area is 120 Å². The summed E-state index contributed by atoms with van der Waals surface area (Å²) in [7, 11) is 1.64. The highest BCUT2D eigenvalue weighted by molar-refractivity contribution is 5.64. The van der Waals surface area contributed by atoms with Crippen molar-refractivity contribution in [2.45, 2.75) is 38.6 Å². The molecule has 1 aromatic heterocycles. The summed E-state index contributed by atoms with van der Waals surface area (Å²) in [4.78, 5) is 8.56. The smallest absolute Gasteiger partial charge is 0.204 e. The molecule has 1 aromatic rings. The zero-order valence-corrected chi connectivity index (χ0v) is 12.5. The molecule has 1 unspecified atom stereocenters. The summed E-state index contributed by atoms with van der Waals surface area (Å²) in [5, 5.41) is 6.71. The number of nitrogens with zero attached hydrogens (tertiary/aromatic N) is 2. The van der Waals surface area contributed by atoms with Gasteiger partial charge in [0.05, 0.1) is 19.3 Å². The molecule has 0 radical (unpaired) electrons. The fraction of sp³-hybridized carbons (Fsp3) is 0.714. The van der Waals surface area contributed by atoms with Crippen molar-refractivity contribution in [1.82, 2.24) is 9.97 Å². The van der Waals surface area contributed by atoms with E-state index in [4.69, 9.17) is 9.47 Å². The molecule has 1 fully saturated rings. The minimum absolute atomic E-state index is 0.109. The summed E-state index contributed by atoms with van der Waals surface area (Å²) in [5.74, 6) is 2.11. The molecule has 1 aliphatic rings. The fourth-order valence-corrected chi connectivity index (χ4v) is 2.34. The molecule has 2 heterocycles. The lowest BCUT2D eigenvalue weighted by molar-refractivity contribution is 0.0538. The van der Waals surface area contributed by atoms with Crippen LogP contribution in [0.15, 0.2) is 6.33 Å². The molecule has 0 bridgehead atoms. The molecular formula is C14H24N4O2. The third-order valence-corrected chi connectivity index (χ3v) is 3.41. The van der Waals surface area contributed by atoms with E-state index in [1.165, 1.54) is 0 Å². The van der Waals surface area contributed by atoms with Gasteiger partial charge in [0.1, 0.15) is 6.33 Å². The van der Waals surface area contributed by atoms with Gasteiger partial charge in [0.2, 0.25) is 5.75 Å². The Bertz CT molecular complexity index is 433. The molecule has 6 nitrogen and oxygen atoms in total. The minimum atomic E-state index is -0.109. The number of anilines is 2. The standard InChI is InChI=1S/C14H24N4O2/c1-4-7-15-12-11(19-3)13(17-10-16-12)18-14(2)6-5-8-20-9-14/h10H,4-9H2,1-3H3,(H2,15,16,17,18). The summed E-state index contributed by atoms with van der Waals surface area (Å²) >= 11 is 0. The Morgan fingerprint density at radius 3 is 2.85 bits per heavy atom. The maximum absolute atomic E-state index is 5.56. The van der Waals surface area contributed by atoms with Crippen LogP contribution in [0.25, 0.3) is 0 Å². The van der Waals surface area contributed by atoms with Gasteiger partial charge in [0, 0.05) is 13.2 Å². The van der Waals surface area contributed by atoms with Gasteiger partial charge >= 0.3 is 0 Å². The second-order valence-corrected chi connectivity index (χ2v) is 5.37. The lowest BCUT2D eigenvalue weighted by Crippen LogP contribution is -2.43. The second-order valence-electron chi connectivity index (χ2n) is 5.37. The highest BCUT2D eigenvalue weighted by Gasteiger charge is 2.29. The van der Waals surface area contributed by atoms with Gasteiger partial charge < -0.3 is 20.1 Å². The van der Waals surface area contributed by atoms with Crippen LogP contribution >= 0.6 is 0 Å². The number of nitrogens with one attached hydrogen (secondary N) is 2. The summed E-state index contributed by atoms with van der Waals surface area (Å²) in [6.07, 6.45) is 4.69. The highest BCUT2D eigenvalue weighted by Crippen LogP contribution is 2.32. The van der Waals surface area contributed by atoms with E-state index in [1.807, 2.05) is 0 Å². The van der Waals surface area contributed by atoms with E-state index in [2.05, 4.69) is 34.4 Å². The number of ether oxygens (including phenoxy) is 2. The molecule has 2 rings (SSSR count). The van der Waals surface area contributed by atoms with Crippen molar-refractivity contribution in [3.05, 3.63) is 6.33 Å². The molecule has 0 amide bonds. The Hall–Kier alpha value is -1.56. The Morgan fingerprint density at radius 1 is 1.40 bits per heavy atom. The van der Waals surface area contributed by atoms with Crippen LogP contribution in [0.2, 0.25) is 0 Å². The fourth-order valence-electron chi connectivity index (χ4n) is 2.34. The van der Waals surface area contributed by atoms with Crippen LogP contribution in [0.1, 0.15) is 33.1 Å². The molecule has 0 aliphatic carbocycles. The molecule has 0 spiro atoms. The SMILES string of the molecule is CCCNc1ncnc(NC2(C)CCCOC2)c1OC. The lowest BCUT2D eigenvalue weighted by Gasteiger charge is -2.35. The average molecular weight is 280 g/mol. The van der Waals surface area contributed by atoms with Crippen molar-refractivity contribution in [2.24, 2.45) is 0 Å². The summed E-state index contributed by atoms with van der Waals surface area (Å²) in [6, 6.07) is 0. The van der Waals surface area contributed by atoms with Crippen LogP contribution in [0.3, 0.4) is 0 Å². The molecule has 0 saturated carbocycles. The number of hydrogen-bond acceptors (Lipinski definition) is 6. The van der Waals surface area contributed by atoms with Crippen molar-refractivity contribution in [3.63, 3.8) is 0 Å². The average Bonchev–Trinajstić information content (AvgIpc) is 2.45. The van der Waals surface area contributed by atoms with Gasteiger partial charge in [-0.05, 0) is 26.2 Å². The molecule has 1 saturated heterocycles. The zero-order valence-electron chi connectivity index (χ0n) is 12.5.